The predicted octanol–water partition coefficient (Wildman–Crippen LogP) is 1.58. The lowest BCUT2D eigenvalue weighted by molar-refractivity contribution is -0.145. The fourth-order valence-electron chi connectivity index (χ4n) is 2.09. The summed E-state index contributed by atoms with van der Waals surface area (Å²) in [5.41, 5.74) is 0. The van der Waals surface area contributed by atoms with Crippen LogP contribution in [0, 0.1) is 5.92 Å². The van der Waals surface area contributed by atoms with Gasteiger partial charge in [0.05, 0.1) is 0 Å². The Morgan fingerprint density at radius 1 is 1.54 bits per heavy atom. The number of piperidine rings is 1. The Morgan fingerprint density at radius 3 is 2.69 bits per heavy atom. The van der Waals surface area contributed by atoms with Crippen LogP contribution in [-0.2, 0) is 4.79 Å². The number of likely N-dealkylation sites (tertiary alicyclic amines) is 1. The Morgan fingerprint density at radius 2 is 2.23 bits per heavy atom. The summed E-state index contributed by atoms with van der Waals surface area (Å²) in [6, 6.07) is -0.233. The highest BCUT2D eigenvalue weighted by molar-refractivity contribution is 5.73. The van der Waals surface area contributed by atoms with Gasteiger partial charge in [-0.05, 0) is 31.8 Å². The molecule has 0 saturated carbocycles. The minimum atomic E-state index is -0.653. The molecule has 1 heterocycles. The molecule has 1 N–H and O–H groups in total. The SMILES string of the molecule is CCC1CCN(CC)C(C(=O)O)C1. The van der Waals surface area contributed by atoms with Crippen LogP contribution in [0.3, 0.4) is 0 Å². The van der Waals surface area contributed by atoms with Crippen LogP contribution in [0.4, 0.5) is 0 Å². The zero-order chi connectivity index (χ0) is 9.84. The first kappa shape index (κ1) is 10.5. The fraction of sp³-hybridized carbons (Fsp3) is 0.900. The van der Waals surface area contributed by atoms with Crippen LogP contribution in [0.15, 0.2) is 0 Å². The number of carboxylic acids is 1. The van der Waals surface area contributed by atoms with Crippen molar-refractivity contribution in [1.29, 1.82) is 0 Å². The molecular formula is C10H19NO2. The summed E-state index contributed by atoms with van der Waals surface area (Å²) < 4.78 is 0. The van der Waals surface area contributed by atoms with Gasteiger partial charge >= 0.3 is 5.97 Å². The van der Waals surface area contributed by atoms with E-state index in [0.29, 0.717) is 5.92 Å². The van der Waals surface area contributed by atoms with Gasteiger partial charge in [0.1, 0.15) is 6.04 Å². The maximum absolute atomic E-state index is 10.9. The van der Waals surface area contributed by atoms with Crippen molar-refractivity contribution in [2.75, 3.05) is 13.1 Å². The van der Waals surface area contributed by atoms with Crippen molar-refractivity contribution in [1.82, 2.24) is 4.90 Å². The van der Waals surface area contributed by atoms with E-state index in [-0.39, 0.29) is 6.04 Å². The molecule has 2 atom stereocenters. The van der Waals surface area contributed by atoms with Gasteiger partial charge in [-0.3, -0.25) is 9.69 Å². The summed E-state index contributed by atoms with van der Waals surface area (Å²) in [4.78, 5) is 13.0. The number of rotatable bonds is 3. The molecular weight excluding hydrogens is 166 g/mol. The third-order valence-corrected chi connectivity index (χ3v) is 3.09. The average molecular weight is 185 g/mol. The Balaban J connectivity index is 2.57. The van der Waals surface area contributed by atoms with Crippen LogP contribution in [0.1, 0.15) is 33.1 Å². The smallest absolute Gasteiger partial charge is 0.320 e. The van der Waals surface area contributed by atoms with E-state index in [9.17, 15) is 4.79 Å². The highest BCUT2D eigenvalue weighted by Crippen LogP contribution is 2.24. The lowest BCUT2D eigenvalue weighted by Gasteiger charge is -2.36. The van der Waals surface area contributed by atoms with E-state index < -0.39 is 5.97 Å². The molecule has 3 heteroatoms. The first-order valence-corrected chi connectivity index (χ1v) is 5.15. The molecule has 0 aromatic rings. The Bertz CT molecular complexity index is 182. The highest BCUT2D eigenvalue weighted by atomic mass is 16.4. The lowest BCUT2D eigenvalue weighted by atomic mass is 9.89. The second-order valence-electron chi connectivity index (χ2n) is 3.78. The molecule has 1 saturated heterocycles. The van der Waals surface area contributed by atoms with E-state index in [2.05, 4.69) is 11.8 Å². The molecule has 13 heavy (non-hydrogen) atoms. The second kappa shape index (κ2) is 4.61. The van der Waals surface area contributed by atoms with Crippen molar-refractivity contribution in [3.8, 4) is 0 Å². The zero-order valence-electron chi connectivity index (χ0n) is 8.49. The van der Waals surface area contributed by atoms with E-state index >= 15 is 0 Å². The minimum absolute atomic E-state index is 0.233. The zero-order valence-corrected chi connectivity index (χ0v) is 8.49. The first-order chi connectivity index (χ1) is 6.19. The summed E-state index contributed by atoms with van der Waals surface area (Å²) >= 11 is 0. The van der Waals surface area contributed by atoms with E-state index in [1.54, 1.807) is 0 Å². The molecule has 0 spiro atoms. The Kier molecular flexibility index (Phi) is 3.72. The standard InChI is InChI=1S/C10H19NO2/c1-3-8-5-6-11(4-2)9(7-8)10(12)13/h8-9H,3-7H2,1-2H3,(H,12,13). The van der Waals surface area contributed by atoms with E-state index in [4.69, 9.17) is 5.11 Å². The van der Waals surface area contributed by atoms with Gasteiger partial charge in [0.25, 0.3) is 0 Å². The van der Waals surface area contributed by atoms with Crippen LogP contribution in [-0.4, -0.2) is 35.1 Å². The van der Waals surface area contributed by atoms with Gasteiger partial charge in [0, 0.05) is 0 Å². The van der Waals surface area contributed by atoms with Gasteiger partial charge in [-0.15, -0.1) is 0 Å². The summed E-state index contributed by atoms with van der Waals surface area (Å²) in [5, 5.41) is 9.01. The van der Waals surface area contributed by atoms with Gasteiger partial charge in [0.2, 0.25) is 0 Å². The van der Waals surface area contributed by atoms with Gasteiger partial charge < -0.3 is 5.11 Å². The van der Waals surface area contributed by atoms with E-state index in [0.717, 1.165) is 32.4 Å². The molecule has 1 aliphatic rings. The van der Waals surface area contributed by atoms with Crippen LogP contribution in [0.2, 0.25) is 0 Å². The summed E-state index contributed by atoms with van der Waals surface area (Å²) in [6.45, 7) is 5.98. The van der Waals surface area contributed by atoms with Gasteiger partial charge in [-0.2, -0.15) is 0 Å². The van der Waals surface area contributed by atoms with Gasteiger partial charge in [0.15, 0.2) is 0 Å². The molecule has 0 aromatic carbocycles. The van der Waals surface area contributed by atoms with Crippen LogP contribution in [0.5, 0.6) is 0 Å². The number of aliphatic carboxylic acids is 1. The quantitative estimate of drug-likeness (QED) is 0.725. The number of likely N-dealkylation sites (N-methyl/N-ethyl adjacent to an activating group) is 1. The summed E-state index contributed by atoms with van der Waals surface area (Å²) in [5.74, 6) is -0.0381. The van der Waals surface area contributed by atoms with Crippen molar-refractivity contribution in [2.24, 2.45) is 5.92 Å². The molecule has 0 bridgehead atoms. The largest absolute Gasteiger partial charge is 0.480 e. The second-order valence-corrected chi connectivity index (χ2v) is 3.78. The monoisotopic (exact) mass is 185 g/mol. The molecule has 0 radical (unpaired) electrons. The minimum Gasteiger partial charge on any atom is -0.480 e. The van der Waals surface area contributed by atoms with Crippen LogP contribution < -0.4 is 0 Å². The van der Waals surface area contributed by atoms with E-state index in [1.165, 1.54) is 0 Å². The topological polar surface area (TPSA) is 40.5 Å². The molecule has 0 aromatic heterocycles. The molecule has 1 rings (SSSR count). The summed E-state index contributed by atoms with van der Waals surface area (Å²) in [7, 11) is 0. The Hall–Kier alpha value is -0.570. The van der Waals surface area contributed by atoms with Gasteiger partial charge in [-0.25, -0.2) is 0 Å². The molecule has 76 valence electrons. The number of hydrogen-bond acceptors (Lipinski definition) is 2. The molecule has 2 unspecified atom stereocenters. The highest BCUT2D eigenvalue weighted by Gasteiger charge is 2.31. The number of hydrogen-bond donors (Lipinski definition) is 1. The average Bonchev–Trinajstić information content (AvgIpc) is 2.16. The normalized spacial score (nSPS) is 30.3. The van der Waals surface area contributed by atoms with Crippen molar-refractivity contribution in [3.63, 3.8) is 0 Å². The van der Waals surface area contributed by atoms with Crippen LogP contribution in [0.25, 0.3) is 0 Å². The number of carbonyl (C=O) groups is 1. The third-order valence-electron chi connectivity index (χ3n) is 3.09. The molecule has 0 amide bonds. The number of nitrogens with zero attached hydrogens (tertiary/aromatic N) is 1. The maximum atomic E-state index is 10.9. The lowest BCUT2D eigenvalue weighted by Crippen LogP contribution is -2.46. The molecule has 1 fully saturated rings. The van der Waals surface area contributed by atoms with Crippen molar-refractivity contribution >= 4 is 5.97 Å². The molecule has 1 aliphatic heterocycles. The van der Waals surface area contributed by atoms with Crippen molar-refractivity contribution in [3.05, 3.63) is 0 Å². The van der Waals surface area contributed by atoms with Crippen molar-refractivity contribution in [2.45, 2.75) is 39.2 Å². The Labute approximate surface area is 79.7 Å². The predicted molar refractivity (Wildman–Crippen MR) is 51.7 cm³/mol. The first-order valence-electron chi connectivity index (χ1n) is 5.15. The fourth-order valence-corrected chi connectivity index (χ4v) is 2.09. The van der Waals surface area contributed by atoms with E-state index in [1.807, 2.05) is 6.92 Å². The molecule has 0 aliphatic carbocycles. The summed E-state index contributed by atoms with van der Waals surface area (Å²) in [6.07, 6.45) is 3.11. The maximum Gasteiger partial charge on any atom is 0.320 e. The van der Waals surface area contributed by atoms with Gasteiger partial charge in [-0.1, -0.05) is 20.3 Å². The van der Waals surface area contributed by atoms with Crippen LogP contribution >= 0.6 is 0 Å². The third kappa shape index (κ3) is 2.44. The molecule has 3 nitrogen and oxygen atoms in total. The number of carboxylic acid groups (broad SMARTS) is 1. The van der Waals surface area contributed by atoms with Crippen molar-refractivity contribution < 1.29 is 9.90 Å².